The predicted molar refractivity (Wildman–Crippen MR) is 121 cm³/mol. The number of carbonyl (C=O) groups is 1. The van der Waals surface area contributed by atoms with Crippen molar-refractivity contribution in [2.75, 3.05) is 19.5 Å². The van der Waals surface area contributed by atoms with E-state index in [0.29, 0.717) is 39.6 Å². The molecular formula is C25H22FN3O3. The maximum atomic E-state index is 13.5. The van der Waals surface area contributed by atoms with Crippen LogP contribution in [-0.2, 0) is 0 Å². The molecule has 0 aliphatic carbocycles. The van der Waals surface area contributed by atoms with Crippen molar-refractivity contribution in [2.24, 2.45) is 0 Å². The first-order chi connectivity index (χ1) is 15.5. The molecule has 7 heteroatoms. The number of hydrogen-bond acceptors (Lipinski definition) is 4. The van der Waals surface area contributed by atoms with E-state index in [1.54, 1.807) is 50.2 Å². The Hall–Kier alpha value is -4.13. The van der Waals surface area contributed by atoms with Crippen LogP contribution in [0.5, 0.6) is 11.5 Å². The van der Waals surface area contributed by atoms with Gasteiger partial charge in [-0.1, -0.05) is 18.2 Å². The van der Waals surface area contributed by atoms with Gasteiger partial charge in [0.2, 0.25) is 0 Å². The molecule has 162 valence electrons. The van der Waals surface area contributed by atoms with Gasteiger partial charge in [0.05, 0.1) is 25.5 Å². The van der Waals surface area contributed by atoms with Gasteiger partial charge in [-0.3, -0.25) is 4.79 Å². The van der Waals surface area contributed by atoms with E-state index in [2.05, 4.69) is 10.4 Å². The zero-order valence-electron chi connectivity index (χ0n) is 17.9. The molecule has 4 rings (SSSR count). The highest BCUT2D eigenvalue weighted by Crippen LogP contribution is 2.33. The van der Waals surface area contributed by atoms with E-state index < -0.39 is 0 Å². The minimum atomic E-state index is -0.358. The summed E-state index contributed by atoms with van der Waals surface area (Å²) < 4.78 is 25.9. The average molecular weight is 431 g/mol. The van der Waals surface area contributed by atoms with Gasteiger partial charge < -0.3 is 14.8 Å². The van der Waals surface area contributed by atoms with Crippen LogP contribution in [0, 0.1) is 12.7 Å². The molecule has 0 spiro atoms. The largest absolute Gasteiger partial charge is 0.493 e. The van der Waals surface area contributed by atoms with Crippen molar-refractivity contribution >= 4 is 11.6 Å². The third-order valence-corrected chi connectivity index (χ3v) is 5.07. The van der Waals surface area contributed by atoms with Crippen molar-refractivity contribution < 1.29 is 18.7 Å². The molecule has 1 aromatic heterocycles. The highest BCUT2D eigenvalue weighted by molar-refractivity contribution is 6.08. The van der Waals surface area contributed by atoms with Crippen LogP contribution < -0.4 is 14.8 Å². The van der Waals surface area contributed by atoms with E-state index in [1.165, 1.54) is 12.1 Å². The Balaban J connectivity index is 1.80. The molecule has 3 aromatic carbocycles. The Labute approximate surface area is 185 Å². The minimum Gasteiger partial charge on any atom is -0.493 e. The first kappa shape index (κ1) is 21.1. The monoisotopic (exact) mass is 431 g/mol. The number of amides is 1. The summed E-state index contributed by atoms with van der Waals surface area (Å²) in [6, 6.07) is 19.1. The number of hydrogen-bond donors (Lipinski definition) is 1. The highest BCUT2D eigenvalue weighted by atomic mass is 19.1. The number of halogens is 1. The van der Waals surface area contributed by atoms with Crippen LogP contribution in [0.25, 0.3) is 16.9 Å². The quantitative estimate of drug-likeness (QED) is 0.453. The van der Waals surface area contributed by atoms with Crippen LogP contribution in [0.2, 0.25) is 0 Å². The normalized spacial score (nSPS) is 10.6. The van der Waals surface area contributed by atoms with Crippen LogP contribution in [-0.4, -0.2) is 29.9 Å². The topological polar surface area (TPSA) is 65.4 Å². The van der Waals surface area contributed by atoms with Crippen molar-refractivity contribution in [1.82, 2.24) is 9.78 Å². The predicted octanol–water partition coefficient (Wildman–Crippen LogP) is 5.26. The number of carbonyl (C=O) groups excluding carboxylic acids is 1. The van der Waals surface area contributed by atoms with Crippen molar-refractivity contribution in [3.63, 3.8) is 0 Å². The van der Waals surface area contributed by atoms with Gasteiger partial charge in [0.1, 0.15) is 11.5 Å². The number of para-hydroxylation sites is 1. The van der Waals surface area contributed by atoms with Crippen molar-refractivity contribution in [3.8, 4) is 28.4 Å². The molecule has 0 radical (unpaired) electrons. The summed E-state index contributed by atoms with van der Waals surface area (Å²) in [5.41, 5.74) is 3.50. The second-order valence-electron chi connectivity index (χ2n) is 7.15. The van der Waals surface area contributed by atoms with Gasteiger partial charge in [0.15, 0.2) is 11.5 Å². The fourth-order valence-electron chi connectivity index (χ4n) is 3.41. The number of aryl methyl sites for hydroxylation is 1. The van der Waals surface area contributed by atoms with Crippen LogP contribution in [0.1, 0.15) is 15.9 Å². The SMILES string of the molecule is COc1ccc(-c2nn(-c3ccccc3)cc2C(=O)Nc2ccc(F)cc2C)cc1OC. The maximum Gasteiger partial charge on any atom is 0.259 e. The van der Waals surface area contributed by atoms with Crippen LogP contribution in [0.4, 0.5) is 10.1 Å². The second-order valence-corrected chi connectivity index (χ2v) is 7.15. The summed E-state index contributed by atoms with van der Waals surface area (Å²) in [4.78, 5) is 13.3. The number of anilines is 1. The van der Waals surface area contributed by atoms with E-state index in [1.807, 2.05) is 36.4 Å². The molecule has 0 unspecified atom stereocenters. The Morgan fingerprint density at radius 2 is 1.72 bits per heavy atom. The van der Waals surface area contributed by atoms with E-state index in [0.717, 1.165) is 5.69 Å². The maximum absolute atomic E-state index is 13.5. The lowest BCUT2D eigenvalue weighted by molar-refractivity contribution is 0.102. The molecule has 6 nitrogen and oxygen atoms in total. The van der Waals surface area contributed by atoms with Crippen molar-refractivity contribution in [3.05, 3.63) is 89.9 Å². The molecule has 1 heterocycles. The molecule has 0 atom stereocenters. The zero-order chi connectivity index (χ0) is 22.7. The summed E-state index contributed by atoms with van der Waals surface area (Å²) in [5, 5.41) is 7.55. The van der Waals surface area contributed by atoms with Gasteiger partial charge in [-0.15, -0.1) is 0 Å². The number of nitrogens with one attached hydrogen (secondary N) is 1. The Bertz CT molecular complexity index is 1270. The third kappa shape index (κ3) is 4.18. The smallest absolute Gasteiger partial charge is 0.259 e. The summed E-state index contributed by atoms with van der Waals surface area (Å²) >= 11 is 0. The molecule has 1 N–H and O–H groups in total. The highest BCUT2D eigenvalue weighted by Gasteiger charge is 2.21. The number of benzene rings is 3. The first-order valence-corrected chi connectivity index (χ1v) is 9.95. The Morgan fingerprint density at radius 1 is 0.969 bits per heavy atom. The molecule has 0 bridgehead atoms. The van der Waals surface area contributed by atoms with Gasteiger partial charge in [-0.2, -0.15) is 5.10 Å². The van der Waals surface area contributed by atoms with Crippen molar-refractivity contribution in [2.45, 2.75) is 6.92 Å². The summed E-state index contributed by atoms with van der Waals surface area (Å²) in [7, 11) is 3.11. The lowest BCUT2D eigenvalue weighted by atomic mass is 10.1. The van der Waals surface area contributed by atoms with Crippen LogP contribution >= 0.6 is 0 Å². The number of rotatable bonds is 6. The van der Waals surface area contributed by atoms with Gasteiger partial charge >= 0.3 is 0 Å². The Morgan fingerprint density at radius 3 is 2.41 bits per heavy atom. The van der Waals surface area contributed by atoms with Crippen LogP contribution in [0.3, 0.4) is 0 Å². The number of aromatic nitrogens is 2. The summed E-state index contributed by atoms with van der Waals surface area (Å²) in [6.45, 7) is 1.74. The summed E-state index contributed by atoms with van der Waals surface area (Å²) in [6.07, 6.45) is 1.68. The minimum absolute atomic E-state index is 0.355. The lowest BCUT2D eigenvalue weighted by Gasteiger charge is -2.10. The average Bonchev–Trinajstić information content (AvgIpc) is 3.26. The lowest BCUT2D eigenvalue weighted by Crippen LogP contribution is -2.13. The van der Waals surface area contributed by atoms with Gasteiger partial charge in [0, 0.05) is 17.4 Å². The molecule has 0 saturated carbocycles. The van der Waals surface area contributed by atoms with Crippen molar-refractivity contribution in [1.29, 1.82) is 0 Å². The molecule has 1 amide bonds. The fourth-order valence-corrected chi connectivity index (χ4v) is 3.41. The third-order valence-electron chi connectivity index (χ3n) is 5.07. The molecule has 0 aliphatic rings. The number of ether oxygens (including phenoxy) is 2. The van der Waals surface area contributed by atoms with E-state index >= 15 is 0 Å². The molecule has 4 aromatic rings. The van der Waals surface area contributed by atoms with Gasteiger partial charge in [0.25, 0.3) is 5.91 Å². The zero-order valence-corrected chi connectivity index (χ0v) is 17.9. The van der Waals surface area contributed by atoms with E-state index in [9.17, 15) is 9.18 Å². The standard InChI is InChI=1S/C25H22FN3O3/c1-16-13-18(26)10-11-21(16)27-25(30)20-15-29(19-7-5-4-6-8-19)28-24(20)17-9-12-22(31-2)23(14-17)32-3/h4-15H,1-3H3,(H,27,30). The molecular weight excluding hydrogens is 409 g/mol. The molecule has 0 fully saturated rings. The number of nitrogens with zero attached hydrogens (tertiary/aromatic N) is 2. The Kier molecular flexibility index (Phi) is 5.89. The fraction of sp³-hybridized carbons (Fsp3) is 0.120. The molecule has 32 heavy (non-hydrogen) atoms. The number of methoxy groups -OCH3 is 2. The van der Waals surface area contributed by atoms with E-state index in [4.69, 9.17) is 9.47 Å². The first-order valence-electron chi connectivity index (χ1n) is 9.95. The van der Waals surface area contributed by atoms with Crippen LogP contribution in [0.15, 0.2) is 72.9 Å². The molecule has 0 saturated heterocycles. The second kappa shape index (κ2) is 8.93. The van der Waals surface area contributed by atoms with E-state index in [-0.39, 0.29) is 11.7 Å². The summed E-state index contributed by atoms with van der Waals surface area (Å²) in [5.74, 6) is 0.391. The van der Waals surface area contributed by atoms with Gasteiger partial charge in [-0.25, -0.2) is 9.07 Å². The molecule has 0 aliphatic heterocycles. The van der Waals surface area contributed by atoms with Gasteiger partial charge in [-0.05, 0) is 61.0 Å².